The van der Waals surface area contributed by atoms with Crippen LogP contribution in [-0.2, 0) is 11.3 Å². The minimum Gasteiger partial charge on any atom is -0.302 e. The monoisotopic (exact) mass is 547 g/mol. The summed E-state index contributed by atoms with van der Waals surface area (Å²) in [4.78, 5) is 18.4. The van der Waals surface area contributed by atoms with Crippen LogP contribution in [0.1, 0.15) is 31.6 Å². The molecule has 32 heavy (non-hydrogen) atoms. The zero-order chi connectivity index (χ0) is 22.7. The molecule has 3 heterocycles. The number of hydrogen-bond donors (Lipinski definition) is 1. The van der Waals surface area contributed by atoms with Gasteiger partial charge in [-0.25, -0.2) is 4.98 Å². The Labute approximate surface area is 207 Å². The number of amides is 1. The maximum Gasteiger partial charge on any atom is 0.236 e. The Morgan fingerprint density at radius 1 is 1.16 bits per heavy atom. The molecule has 0 unspecified atom stereocenters. The topological polar surface area (TPSA) is 72.7 Å². The number of carbonyl (C=O) groups is 1. The number of thioether (sulfide) groups is 1. The Kier molecular flexibility index (Phi) is 7.44. The standard InChI is InChI=1S/C22H22BrN5OS3/c1-4-28-20(15-9-18(13(2)3)30-10-15)26-27-22(28)32-12-19(29)25-21-24-17(11-31-21)14-5-7-16(23)8-6-14/h5-11,13H,4,12H2,1-3H3,(H,24,25,29). The van der Waals surface area contributed by atoms with Crippen molar-refractivity contribution in [2.24, 2.45) is 0 Å². The van der Waals surface area contributed by atoms with Crippen molar-refractivity contribution in [1.82, 2.24) is 19.7 Å². The third-order valence-electron chi connectivity index (χ3n) is 4.70. The molecule has 1 aromatic carbocycles. The van der Waals surface area contributed by atoms with E-state index in [2.05, 4.69) is 73.2 Å². The number of thiophene rings is 1. The summed E-state index contributed by atoms with van der Waals surface area (Å²) in [5, 5.41) is 17.0. The number of nitrogens with one attached hydrogen (secondary N) is 1. The number of thiazole rings is 1. The van der Waals surface area contributed by atoms with E-state index < -0.39 is 0 Å². The van der Waals surface area contributed by atoms with Gasteiger partial charge < -0.3 is 9.88 Å². The molecule has 0 aliphatic rings. The van der Waals surface area contributed by atoms with Crippen LogP contribution >= 0.6 is 50.4 Å². The highest BCUT2D eigenvalue weighted by atomic mass is 79.9. The number of benzene rings is 1. The molecule has 0 saturated carbocycles. The van der Waals surface area contributed by atoms with Gasteiger partial charge in [-0.1, -0.05) is 53.7 Å². The number of hydrogen-bond acceptors (Lipinski definition) is 7. The van der Waals surface area contributed by atoms with E-state index in [4.69, 9.17) is 0 Å². The summed E-state index contributed by atoms with van der Waals surface area (Å²) >= 11 is 7.98. The van der Waals surface area contributed by atoms with Crippen molar-refractivity contribution in [2.75, 3.05) is 11.1 Å². The third-order valence-corrected chi connectivity index (χ3v) is 8.19. The van der Waals surface area contributed by atoms with Crippen LogP contribution in [0.4, 0.5) is 5.13 Å². The van der Waals surface area contributed by atoms with Crippen LogP contribution in [0.5, 0.6) is 0 Å². The van der Waals surface area contributed by atoms with E-state index in [0.29, 0.717) is 11.0 Å². The molecule has 0 atom stereocenters. The molecule has 1 amide bonds. The molecular weight excluding hydrogens is 526 g/mol. The minimum absolute atomic E-state index is 0.114. The van der Waals surface area contributed by atoms with Gasteiger partial charge in [-0.3, -0.25) is 4.79 Å². The molecule has 10 heteroatoms. The summed E-state index contributed by atoms with van der Waals surface area (Å²) < 4.78 is 3.07. The average Bonchev–Trinajstić information content (AvgIpc) is 3.51. The molecule has 1 N–H and O–H groups in total. The molecule has 6 nitrogen and oxygen atoms in total. The largest absolute Gasteiger partial charge is 0.302 e. The lowest BCUT2D eigenvalue weighted by Gasteiger charge is -2.06. The molecular formula is C22H22BrN5OS3. The number of rotatable bonds is 8. The molecule has 0 aliphatic carbocycles. The summed E-state index contributed by atoms with van der Waals surface area (Å²) in [5.41, 5.74) is 2.93. The van der Waals surface area contributed by atoms with E-state index in [1.54, 1.807) is 11.3 Å². The van der Waals surface area contributed by atoms with Gasteiger partial charge in [0.1, 0.15) is 0 Å². The van der Waals surface area contributed by atoms with Crippen LogP contribution in [0, 0.1) is 0 Å². The van der Waals surface area contributed by atoms with Gasteiger partial charge in [-0.15, -0.1) is 32.9 Å². The Hall–Kier alpha value is -2.01. The third kappa shape index (κ3) is 5.31. The molecule has 0 radical (unpaired) electrons. The molecule has 4 rings (SSSR count). The summed E-state index contributed by atoms with van der Waals surface area (Å²) in [6, 6.07) is 10.1. The zero-order valence-corrected chi connectivity index (χ0v) is 21.9. The van der Waals surface area contributed by atoms with Crippen molar-refractivity contribution < 1.29 is 4.79 Å². The number of nitrogens with zero attached hydrogens (tertiary/aromatic N) is 4. The van der Waals surface area contributed by atoms with Crippen LogP contribution < -0.4 is 5.32 Å². The van der Waals surface area contributed by atoms with Crippen LogP contribution in [0.2, 0.25) is 0 Å². The molecule has 166 valence electrons. The summed E-state index contributed by atoms with van der Waals surface area (Å²) in [6.45, 7) is 7.17. The van der Waals surface area contributed by atoms with Crippen molar-refractivity contribution in [2.45, 2.75) is 38.4 Å². The van der Waals surface area contributed by atoms with Crippen LogP contribution in [0.15, 0.2) is 50.7 Å². The quantitative estimate of drug-likeness (QED) is 0.246. The van der Waals surface area contributed by atoms with Gasteiger partial charge in [0.25, 0.3) is 0 Å². The number of halogens is 1. The van der Waals surface area contributed by atoms with Gasteiger partial charge >= 0.3 is 0 Å². The first-order valence-electron chi connectivity index (χ1n) is 10.1. The van der Waals surface area contributed by atoms with Gasteiger partial charge in [0.15, 0.2) is 16.1 Å². The van der Waals surface area contributed by atoms with Gasteiger partial charge in [-0.2, -0.15) is 0 Å². The Bertz CT molecular complexity index is 1210. The van der Waals surface area contributed by atoms with Crippen LogP contribution in [0.3, 0.4) is 0 Å². The van der Waals surface area contributed by atoms with Crippen molar-refractivity contribution >= 4 is 61.4 Å². The van der Waals surface area contributed by atoms with Crippen molar-refractivity contribution in [1.29, 1.82) is 0 Å². The highest BCUT2D eigenvalue weighted by molar-refractivity contribution is 9.10. The van der Waals surface area contributed by atoms with Gasteiger partial charge in [0, 0.05) is 37.8 Å². The lowest BCUT2D eigenvalue weighted by atomic mass is 10.1. The van der Waals surface area contributed by atoms with Gasteiger partial charge in [-0.05, 0) is 31.0 Å². The molecule has 3 aromatic heterocycles. The lowest BCUT2D eigenvalue weighted by Crippen LogP contribution is -2.14. The van der Waals surface area contributed by atoms with E-state index in [9.17, 15) is 4.79 Å². The fourth-order valence-corrected chi connectivity index (χ4v) is 5.74. The molecule has 4 aromatic rings. The highest BCUT2D eigenvalue weighted by Crippen LogP contribution is 2.31. The van der Waals surface area contributed by atoms with E-state index >= 15 is 0 Å². The van der Waals surface area contributed by atoms with Crippen molar-refractivity contribution in [3.8, 4) is 22.6 Å². The Morgan fingerprint density at radius 3 is 2.62 bits per heavy atom. The van der Waals surface area contributed by atoms with Crippen LogP contribution in [0.25, 0.3) is 22.6 Å². The summed E-state index contributed by atoms with van der Waals surface area (Å²) in [6.07, 6.45) is 0. The number of aromatic nitrogens is 4. The maximum absolute atomic E-state index is 12.5. The number of anilines is 1. The van der Waals surface area contributed by atoms with Crippen molar-refractivity contribution in [3.05, 3.63) is 50.4 Å². The average molecular weight is 549 g/mol. The van der Waals surface area contributed by atoms with E-state index in [1.165, 1.54) is 28.0 Å². The molecule has 0 aliphatic heterocycles. The van der Waals surface area contributed by atoms with E-state index in [0.717, 1.165) is 38.8 Å². The Balaban J connectivity index is 1.39. The predicted octanol–water partition coefficient (Wildman–Crippen LogP) is 6.77. The second-order valence-electron chi connectivity index (χ2n) is 7.32. The van der Waals surface area contributed by atoms with Crippen molar-refractivity contribution in [3.63, 3.8) is 0 Å². The van der Waals surface area contributed by atoms with E-state index in [-0.39, 0.29) is 11.7 Å². The van der Waals surface area contributed by atoms with Crippen LogP contribution in [-0.4, -0.2) is 31.4 Å². The first kappa shape index (κ1) is 23.2. The summed E-state index contributed by atoms with van der Waals surface area (Å²) in [5.74, 6) is 1.46. The SMILES string of the molecule is CCn1c(SCC(=O)Nc2nc(-c3ccc(Br)cc3)cs2)nnc1-c1csc(C(C)C)c1. The predicted molar refractivity (Wildman–Crippen MR) is 138 cm³/mol. The second-order valence-corrected chi connectivity index (χ2v) is 11.0. The minimum atomic E-state index is -0.114. The van der Waals surface area contributed by atoms with E-state index in [1.807, 2.05) is 29.6 Å². The summed E-state index contributed by atoms with van der Waals surface area (Å²) in [7, 11) is 0. The zero-order valence-electron chi connectivity index (χ0n) is 17.8. The van der Waals surface area contributed by atoms with Gasteiger partial charge in [0.2, 0.25) is 5.91 Å². The fourth-order valence-electron chi connectivity index (χ4n) is 3.04. The highest BCUT2D eigenvalue weighted by Gasteiger charge is 2.17. The maximum atomic E-state index is 12.5. The smallest absolute Gasteiger partial charge is 0.236 e. The first-order valence-corrected chi connectivity index (χ1v) is 13.6. The molecule has 0 fully saturated rings. The lowest BCUT2D eigenvalue weighted by molar-refractivity contribution is -0.113. The first-order chi connectivity index (χ1) is 15.4. The number of carbonyl (C=O) groups excluding carboxylic acids is 1. The molecule has 0 spiro atoms. The molecule has 0 bridgehead atoms. The second kappa shape index (κ2) is 10.3. The van der Waals surface area contributed by atoms with Gasteiger partial charge in [0.05, 0.1) is 11.4 Å². The molecule has 0 saturated heterocycles. The fraction of sp³-hybridized carbons (Fsp3) is 0.273. The normalized spacial score (nSPS) is 11.3. The Morgan fingerprint density at radius 2 is 1.94 bits per heavy atom.